The molecule has 2 rings (SSSR count). The molecule has 1 amide bonds. The lowest BCUT2D eigenvalue weighted by molar-refractivity contribution is 0.0956. The second-order valence-corrected chi connectivity index (χ2v) is 6.26. The Morgan fingerprint density at radius 1 is 1.47 bits per heavy atom. The van der Waals surface area contributed by atoms with Crippen LogP contribution in [0.1, 0.15) is 25.9 Å². The van der Waals surface area contributed by atoms with Crippen molar-refractivity contribution in [2.24, 2.45) is 5.84 Å². The first kappa shape index (κ1) is 14.1. The van der Waals surface area contributed by atoms with Crippen molar-refractivity contribution < 1.29 is 4.79 Å². The number of hydrogen-bond acceptors (Lipinski definition) is 6. The molecule has 0 bridgehead atoms. The third-order valence-electron chi connectivity index (χ3n) is 2.62. The number of hydrazine groups is 1. The smallest absolute Gasteiger partial charge is 0.275 e. The molecule has 0 aromatic carbocycles. The first-order valence-corrected chi connectivity index (χ1v) is 7.53. The van der Waals surface area contributed by atoms with Gasteiger partial charge < -0.3 is 0 Å². The molecule has 19 heavy (non-hydrogen) atoms. The van der Waals surface area contributed by atoms with E-state index < -0.39 is 0 Å². The topological polar surface area (TPSA) is 71.2 Å². The normalized spacial score (nSPS) is 10.9. The minimum absolute atomic E-state index is 0.233. The molecular weight excluding hydrogens is 280 g/mol. The highest BCUT2D eigenvalue weighted by Gasteiger charge is 2.14. The van der Waals surface area contributed by atoms with Crippen LogP contribution in [-0.4, -0.2) is 22.8 Å². The van der Waals surface area contributed by atoms with E-state index in [4.69, 9.17) is 5.84 Å². The lowest BCUT2D eigenvalue weighted by Gasteiger charge is -2.15. The van der Waals surface area contributed by atoms with Gasteiger partial charge in [0, 0.05) is 18.5 Å². The van der Waals surface area contributed by atoms with E-state index in [1.54, 1.807) is 11.3 Å². The van der Waals surface area contributed by atoms with Gasteiger partial charge in [-0.15, -0.1) is 22.7 Å². The van der Waals surface area contributed by atoms with E-state index in [-0.39, 0.29) is 5.91 Å². The molecule has 0 radical (unpaired) electrons. The maximum atomic E-state index is 11.6. The number of aromatic nitrogens is 1. The second kappa shape index (κ2) is 6.25. The molecule has 3 N–H and O–H groups in total. The Morgan fingerprint density at radius 3 is 2.89 bits per heavy atom. The van der Waals surface area contributed by atoms with Crippen molar-refractivity contribution in [3.8, 4) is 0 Å². The minimum Gasteiger partial charge on any atom is -0.296 e. The van der Waals surface area contributed by atoms with Gasteiger partial charge in [0.15, 0.2) is 0 Å². The molecule has 2 aromatic rings. The molecule has 2 heterocycles. The molecule has 0 saturated heterocycles. The molecule has 0 aliphatic rings. The third-order valence-corrected chi connectivity index (χ3v) is 4.40. The number of carbonyl (C=O) groups excluding carboxylic acids is 1. The Bertz CT molecular complexity index is 564. The molecule has 102 valence electrons. The summed E-state index contributed by atoms with van der Waals surface area (Å²) in [5.41, 5.74) is 4.22. The molecule has 0 unspecified atom stereocenters. The van der Waals surface area contributed by atoms with E-state index in [1.807, 2.05) is 25.4 Å². The Kier molecular flexibility index (Phi) is 4.65. The molecule has 0 spiro atoms. The standard InChI is InChI=1S/C12H16N4OS2/c1-8-14-10(7-19-8)6-16(2)5-9-3-4-18-11(9)12(17)15-13/h3-4,7H,5-6,13H2,1-2H3,(H,15,17). The van der Waals surface area contributed by atoms with Crippen LogP contribution in [0.2, 0.25) is 0 Å². The van der Waals surface area contributed by atoms with Gasteiger partial charge in [-0.1, -0.05) is 0 Å². The van der Waals surface area contributed by atoms with Crippen molar-refractivity contribution in [2.75, 3.05) is 7.05 Å². The highest BCUT2D eigenvalue weighted by molar-refractivity contribution is 7.12. The third kappa shape index (κ3) is 3.60. The van der Waals surface area contributed by atoms with Gasteiger partial charge in [0.25, 0.3) is 5.91 Å². The number of carbonyl (C=O) groups is 1. The van der Waals surface area contributed by atoms with Crippen LogP contribution >= 0.6 is 22.7 Å². The second-order valence-electron chi connectivity index (χ2n) is 4.28. The molecule has 0 fully saturated rings. The van der Waals surface area contributed by atoms with Gasteiger partial charge in [-0.05, 0) is 31.0 Å². The van der Waals surface area contributed by atoms with E-state index in [0.29, 0.717) is 11.4 Å². The molecule has 0 aliphatic heterocycles. The zero-order chi connectivity index (χ0) is 13.8. The first-order valence-electron chi connectivity index (χ1n) is 5.77. The average molecular weight is 296 g/mol. The van der Waals surface area contributed by atoms with Crippen LogP contribution in [0.4, 0.5) is 0 Å². The molecule has 7 heteroatoms. The predicted molar refractivity (Wildman–Crippen MR) is 78.0 cm³/mol. The number of nitrogen functional groups attached to an aromatic ring is 1. The van der Waals surface area contributed by atoms with Crippen LogP contribution in [-0.2, 0) is 13.1 Å². The molecule has 0 atom stereocenters. The van der Waals surface area contributed by atoms with Crippen molar-refractivity contribution >= 4 is 28.6 Å². The lowest BCUT2D eigenvalue weighted by Crippen LogP contribution is -2.30. The highest BCUT2D eigenvalue weighted by Crippen LogP contribution is 2.19. The van der Waals surface area contributed by atoms with Crippen LogP contribution in [0.3, 0.4) is 0 Å². The maximum Gasteiger partial charge on any atom is 0.275 e. The monoisotopic (exact) mass is 296 g/mol. The van der Waals surface area contributed by atoms with Crippen LogP contribution in [0.25, 0.3) is 0 Å². The number of thiophene rings is 1. The van der Waals surface area contributed by atoms with Gasteiger partial charge in [0.05, 0.1) is 15.6 Å². The number of hydrogen-bond donors (Lipinski definition) is 2. The Balaban J connectivity index is 2.01. The summed E-state index contributed by atoms with van der Waals surface area (Å²) >= 11 is 3.05. The summed E-state index contributed by atoms with van der Waals surface area (Å²) in [6.45, 7) is 3.46. The Hall–Kier alpha value is -1.28. The van der Waals surface area contributed by atoms with E-state index in [1.165, 1.54) is 11.3 Å². The van der Waals surface area contributed by atoms with Gasteiger partial charge in [0.2, 0.25) is 0 Å². The van der Waals surface area contributed by atoms with E-state index in [2.05, 4.69) is 20.7 Å². The van der Waals surface area contributed by atoms with E-state index in [0.717, 1.165) is 22.8 Å². The summed E-state index contributed by atoms with van der Waals surface area (Å²) in [6, 6.07) is 1.96. The summed E-state index contributed by atoms with van der Waals surface area (Å²) in [6.07, 6.45) is 0. The number of nitrogens with one attached hydrogen (secondary N) is 1. The number of nitrogens with two attached hydrogens (primary N) is 1. The minimum atomic E-state index is -0.233. The van der Waals surface area contributed by atoms with Crippen molar-refractivity contribution in [1.29, 1.82) is 0 Å². The molecule has 0 aliphatic carbocycles. The SMILES string of the molecule is Cc1nc(CN(C)Cc2ccsc2C(=O)NN)cs1. The number of amides is 1. The summed E-state index contributed by atoms with van der Waals surface area (Å²) in [5, 5.41) is 5.04. The summed E-state index contributed by atoms with van der Waals surface area (Å²) in [7, 11) is 2.01. The molecule has 0 saturated carbocycles. The average Bonchev–Trinajstić information content (AvgIpc) is 2.97. The fourth-order valence-corrected chi connectivity index (χ4v) is 3.25. The Labute approximate surface area is 120 Å². The molecule has 2 aromatic heterocycles. The first-order chi connectivity index (χ1) is 9.10. The van der Waals surface area contributed by atoms with Crippen LogP contribution in [0.5, 0.6) is 0 Å². The number of aryl methyl sites for hydroxylation is 1. The van der Waals surface area contributed by atoms with Crippen molar-refractivity contribution in [3.63, 3.8) is 0 Å². The summed E-state index contributed by atoms with van der Waals surface area (Å²) in [4.78, 5) is 18.8. The number of thiazole rings is 1. The quantitative estimate of drug-likeness (QED) is 0.501. The van der Waals surface area contributed by atoms with Gasteiger partial charge in [-0.25, -0.2) is 10.8 Å². The van der Waals surface area contributed by atoms with Crippen molar-refractivity contribution in [1.82, 2.24) is 15.3 Å². The van der Waals surface area contributed by atoms with Gasteiger partial charge in [-0.2, -0.15) is 0 Å². The summed E-state index contributed by atoms with van der Waals surface area (Å²) in [5.74, 6) is 4.94. The van der Waals surface area contributed by atoms with E-state index in [9.17, 15) is 4.79 Å². The number of nitrogens with zero attached hydrogens (tertiary/aromatic N) is 2. The Morgan fingerprint density at radius 2 is 2.26 bits per heavy atom. The molecular formula is C12H16N4OS2. The lowest BCUT2D eigenvalue weighted by atomic mass is 10.2. The van der Waals surface area contributed by atoms with Crippen LogP contribution < -0.4 is 11.3 Å². The molecule has 5 nitrogen and oxygen atoms in total. The highest BCUT2D eigenvalue weighted by atomic mass is 32.1. The zero-order valence-electron chi connectivity index (χ0n) is 10.8. The predicted octanol–water partition coefficient (Wildman–Crippen LogP) is 1.75. The van der Waals surface area contributed by atoms with Crippen molar-refractivity contribution in [2.45, 2.75) is 20.0 Å². The van der Waals surface area contributed by atoms with E-state index >= 15 is 0 Å². The fourth-order valence-electron chi connectivity index (χ4n) is 1.83. The van der Waals surface area contributed by atoms with Gasteiger partial charge >= 0.3 is 0 Å². The largest absolute Gasteiger partial charge is 0.296 e. The van der Waals surface area contributed by atoms with Gasteiger partial charge in [0.1, 0.15) is 0 Å². The zero-order valence-corrected chi connectivity index (χ0v) is 12.5. The van der Waals surface area contributed by atoms with Gasteiger partial charge in [-0.3, -0.25) is 15.1 Å². The summed E-state index contributed by atoms with van der Waals surface area (Å²) < 4.78 is 0. The van der Waals surface area contributed by atoms with Crippen LogP contribution in [0.15, 0.2) is 16.8 Å². The number of rotatable bonds is 5. The van der Waals surface area contributed by atoms with Crippen molar-refractivity contribution in [3.05, 3.63) is 38.0 Å². The fraction of sp³-hybridized carbons (Fsp3) is 0.333. The maximum absolute atomic E-state index is 11.6. The van der Waals surface area contributed by atoms with Crippen LogP contribution in [0, 0.1) is 6.92 Å².